The van der Waals surface area contributed by atoms with Crippen LogP contribution in [0, 0.1) is 6.92 Å². The highest BCUT2D eigenvalue weighted by Crippen LogP contribution is 2.12. The second kappa shape index (κ2) is 7.97. The molecule has 2 aromatic rings. The van der Waals surface area contributed by atoms with Crippen LogP contribution in [0.3, 0.4) is 0 Å². The van der Waals surface area contributed by atoms with Gasteiger partial charge in [0.15, 0.2) is 5.16 Å². The van der Waals surface area contributed by atoms with Crippen LogP contribution in [0.2, 0.25) is 0 Å². The first-order valence-corrected chi connectivity index (χ1v) is 8.72. The summed E-state index contributed by atoms with van der Waals surface area (Å²) in [6, 6.07) is 9.73. The summed E-state index contributed by atoms with van der Waals surface area (Å²) in [6.07, 6.45) is 2.51. The first-order chi connectivity index (χ1) is 11.0. The molecule has 0 bridgehead atoms. The quantitative estimate of drug-likeness (QED) is 0.630. The van der Waals surface area contributed by atoms with E-state index in [1.54, 1.807) is 6.92 Å². The topological polar surface area (TPSA) is 74.8 Å². The predicted molar refractivity (Wildman–Crippen MR) is 92.7 cm³/mol. The van der Waals surface area contributed by atoms with Crippen LogP contribution in [0.5, 0.6) is 0 Å². The fourth-order valence-corrected chi connectivity index (χ4v) is 2.78. The zero-order valence-corrected chi connectivity index (χ0v) is 14.4. The number of hydrogen-bond acceptors (Lipinski definition) is 4. The third kappa shape index (κ3) is 4.69. The summed E-state index contributed by atoms with van der Waals surface area (Å²) >= 11 is 1.39. The summed E-state index contributed by atoms with van der Waals surface area (Å²) in [4.78, 5) is 31.2. The lowest BCUT2D eigenvalue weighted by Gasteiger charge is -2.14. The first kappa shape index (κ1) is 17.3. The molecule has 2 N–H and O–H groups in total. The molecular weight excluding hydrogens is 310 g/mol. The molecule has 23 heavy (non-hydrogen) atoms. The van der Waals surface area contributed by atoms with E-state index < -0.39 is 0 Å². The standard InChI is InChI=1S/C17H21N3O2S/c1-11(13-7-5-4-6-8-13)18-15(21)10-9-14-12(2)19-17(23-3)20-16(14)22/h4-8,11H,9-10H2,1-3H3,(H,18,21)(H,19,20,22). The maximum Gasteiger partial charge on any atom is 0.254 e. The molecule has 0 saturated carbocycles. The van der Waals surface area contributed by atoms with Crippen LogP contribution in [0.4, 0.5) is 0 Å². The summed E-state index contributed by atoms with van der Waals surface area (Å²) in [6.45, 7) is 3.74. The van der Waals surface area contributed by atoms with Gasteiger partial charge in [0.25, 0.3) is 5.56 Å². The third-order valence-corrected chi connectivity index (χ3v) is 4.25. The Hall–Kier alpha value is -2.08. The van der Waals surface area contributed by atoms with Crippen LogP contribution in [0.25, 0.3) is 0 Å². The fourth-order valence-electron chi connectivity index (χ4n) is 2.35. The van der Waals surface area contributed by atoms with Gasteiger partial charge in [0, 0.05) is 17.7 Å². The number of carbonyl (C=O) groups is 1. The Kier molecular flexibility index (Phi) is 5.98. The minimum absolute atomic E-state index is 0.0555. The van der Waals surface area contributed by atoms with Crippen molar-refractivity contribution in [3.8, 4) is 0 Å². The molecule has 1 heterocycles. The Labute approximate surface area is 139 Å². The summed E-state index contributed by atoms with van der Waals surface area (Å²) < 4.78 is 0. The number of H-pyrrole nitrogens is 1. The van der Waals surface area contributed by atoms with Crippen LogP contribution >= 0.6 is 11.8 Å². The Morgan fingerprint density at radius 1 is 1.35 bits per heavy atom. The molecule has 0 aliphatic carbocycles. The molecule has 1 aromatic carbocycles. The van der Waals surface area contributed by atoms with Crippen LogP contribution < -0.4 is 10.9 Å². The van der Waals surface area contributed by atoms with Gasteiger partial charge in [0.2, 0.25) is 5.91 Å². The molecule has 1 amide bonds. The van der Waals surface area contributed by atoms with Gasteiger partial charge in [-0.2, -0.15) is 0 Å². The van der Waals surface area contributed by atoms with Gasteiger partial charge in [-0.3, -0.25) is 9.59 Å². The molecule has 0 radical (unpaired) electrons. The van der Waals surface area contributed by atoms with E-state index in [1.807, 2.05) is 43.5 Å². The van der Waals surface area contributed by atoms with Crippen LogP contribution in [0.1, 0.15) is 36.2 Å². The van der Waals surface area contributed by atoms with Crippen molar-refractivity contribution in [2.24, 2.45) is 0 Å². The lowest BCUT2D eigenvalue weighted by Crippen LogP contribution is -2.28. The van der Waals surface area contributed by atoms with Crippen molar-refractivity contribution in [1.29, 1.82) is 0 Å². The summed E-state index contributed by atoms with van der Waals surface area (Å²) in [7, 11) is 0. The number of thioether (sulfide) groups is 1. The number of hydrogen-bond donors (Lipinski definition) is 2. The third-order valence-electron chi connectivity index (χ3n) is 3.67. The van der Waals surface area contributed by atoms with Crippen LogP contribution in [0.15, 0.2) is 40.3 Å². The maximum absolute atomic E-state index is 12.1. The van der Waals surface area contributed by atoms with Gasteiger partial charge >= 0.3 is 0 Å². The fraction of sp³-hybridized carbons (Fsp3) is 0.353. The van der Waals surface area contributed by atoms with Gasteiger partial charge in [-0.1, -0.05) is 42.1 Å². The summed E-state index contributed by atoms with van der Waals surface area (Å²) in [5.74, 6) is -0.0749. The Bertz CT molecular complexity index is 728. The van der Waals surface area contributed by atoms with E-state index in [2.05, 4.69) is 15.3 Å². The number of rotatable bonds is 6. The molecule has 1 unspecified atom stereocenters. The minimum Gasteiger partial charge on any atom is -0.350 e. The highest BCUT2D eigenvalue weighted by molar-refractivity contribution is 7.98. The number of carbonyl (C=O) groups excluding carboxylic acids is 1. The highest BCUT2D eigenvalue weighted by atomic mass is 32.2. The van der Waals surface area contributed by atoms with Gasteiger partial charge in [-0.15, -0.1) is 0 Å². The number of nitrogens with zero attached hydrogens (tertiary/aromatic N) is 1. The molecule has 2 rings (SSSR count). The monoisotopic (exact) mass is 331 g/mol. The lowest BCUT2D eigenvalue weighted by atomic mass is 10.1. The van der Waals surface area contributed by atoms with E-state index in [4.69, 9.17) is 0 Å². The second-order valence-electron chi connectivity index (χ2n) is 5.34. The highest BCUT2D eigenvalue weighted by Gasteiger charge is 2.12. The van der Waals surface area contributed by atoms with Gasteiger partial charge in [-0.25, -0.2) is 4.98 Å². The smallest absolute Gasteiger partial charge is 0.254 e. The Morgan fingerprint density at radius 2 is 2.04 bits per heavy atom. The normalized spacial score (nSPS) is 12.0. The van der Waals surface area contributed by atoms with E-state index >= 15 is 0 Å². The van der Waals surface area contributed by atoms with E-state index in [9.17, 15) is 9.59 Å². The SMILES string of the molecule is CSc1nc(C)c(CCC(=O)NC(C)c2ccccc2)c(=O)[nH]1. The minimum atomic E-state index is -0.161. The number of nitrogens with one attached hydrogen (secondary N) is 2. The number of aromatic nitrogens is 2. The zero-order chi connectivity index (χ0) is 16.8. The summed E-state index contributed by atoms with van der Waals surface area (Å²) in [5.41, 5.74) is 2.15. The predicted octanol–water partition coefficient (Wildman–Crippen LogP) is 2.61. The first-order valence-electron chi connectivity index (χ1n) is 7.49. The Balaban J connectivity index is 1.96. The second-order valence-corrected chi connectivity index (χ2v) is 6.13. The molecule has 0 spiro atoms. The van der Waals surface area contributed by atoms with Gasteiger partial charge in [-0.05, 0) is 32.1 Å². The van der Waals surface area contributed by atoms with Crippen LogP contribution in [-0.4, -0.2) is 22.1 Å². The van der Waals surface area contributed by atoms with Crippen molar-refractivity contribution in [2.75, 3.05) is 6.26 Å². The van der Waals surface area contributed by atoms with E-state index in [0.717, 1.165) is 5.56 Å². The average molecular weight is 331 g/mol. The molecule has 6 heteroatoms. The van der Waals surface area contributed by atoms with Crippen LogP contribution in [-0.2, 0) is 11.2 Å². The summed E-state index contributed by atoms with van der Waals surface area (Å²) in [5, 5.41) is 3.55. The largest absolute Gasteiger partial charge is 0.350 e. The van der Waals surface area contributed by atoms with E-state index in [1.165, 1.54) is 11.8 Å². The van der Waals surface area contributed by atoms with Crippen molar-refractivity contribution in [3.63, 3.8) is 0 Å². The zero-order valence-electron chi connectivity index (χ0n) is 13.6. The molecule has 1 aromatic heterocycles. The molecule has 0 saturated heterocycles. The van der Waals surface area contributed by atoms with E-state index in [0.29, 0.717) is 22.8 Å². The molecular formula is C17H21N3O2S. The molecule has 5 nitrogen and oxygen atoms in total. The number of aryl methyl sites for hydroxylation is 1. The van der Waals surface area contributed by atoms with Crippen molar-refractivity contribution in [1.82, 2.24) is 15.3 Å². The number of benzene rings is 1. The molecule has 122 valence electrons. The van der Waals surface area contributed by atoms with Crippen molar-refractivity contribution >= 4 is 17.7 Å². The molecule has 0 aliphatic heterocycles. The molecule has 0 aliphatic rings. The van der Waals surface area contributed by atoms with E-state index in [-0.39, 0.29) is 23.9 Å². The van der Waals surface area contributed by atoms with Crippen molar-refractivity contribution < 1.29 is 4.79 Å². The lowest BCUT2D eigenvalue weighted by molar-refractivity contribution is -0.121. The van der Waals surface area contributed by atoms with Crippen molar-refractivity contribution in [3.05, 3.63) is 57.5 Å². The average Bonchev–Trinajstić information content (AvgIpc) is 2.54. The van der Waals surface area contributed by atoms with Gasteiger partial charge in [0.05, 0.1) is 6.04 Å². The molecule has 0 fully saturated rings. The molecule has 1 atom stereocenters. The van der Waals surface area contributed by atoms with Gasteiger partial charge < -0.3 is 10.3 Å². The number of amides is 1. The van der Waals surface area contributed by atoms with Gasteiger partial charge in [0.1, 0.15) is 0 Å². The number of aromatic amines is 1. The van der Waals surface area contributed by atoms with Crippen molar-refractivity contribution in [2.45, 2.75) is 37.9 Å². The maximum atomic E-state index is 12.1. The Morgan fingerprint density at radius 3 is 2.65 bits per heavy atom.